The molecule has 5 aliphatic carbocycles. The zero-order chi connectivity index (χ0) is 35.1. The van der Waals surface area contributed by atoms with Crippen molar-refractivity contribution in [2.24, 2.45) is 23.7 Å². The van der Waals surface area contributed by atoms with Crippen LogP contribution in [0.5, 0.6) is 0 Å². The first-order valence-corrected chi connectivity index (χ1v) is 20.3. The highest BCUT2D eigenvalue weighted by molar-refractivity contribution is 6.25. The van der Waals surface area contributed by atoms with Crippen LogP contribution < -0.4 is 0 Å². The van der Waals surface area contributed by atoms with Crippen molar-refractivity contribution in [3.05, 3.63) is 169 Å². The van der Waals surface area contributed by atoms with E-state index in [-0.39, 0.29) is 5.41 Å². The second-order valence-electron chi connectivity index (χ2n) is 17.2. The van der Waals surface area contributed by atoms with Crippen LogP contribution in [0.2, 0.25) is 0 Å². The Labute approximate surface area is 316 Å². The molecule has 1 spiro atoms. The van der Waals surface area contributed by atoms with E-state index in [4.69, 9.17) is 0 Å². The van der Waals surface area contributed by atoms with Gasteiger partial charge in [-0.05, 0) is 178 Å². The molecule has 0 amide bonds. The molecule has 9 aromatic carbocycles. The quantitative estimate of drug-likeness (QED) is 0.125. The molecule has 4 fully saturated rings. The highest BCUT2D eigenvalue weighted by Crippen LogP contribution is 2.70. The zero-order valence-corrected chi connectivity index (χ0v) is 30.4. The SMILES string of the molecule is c1ccc2cc3c(cc2c1)-c1cc(-c2c4ccccc4c(-c4cc5ccccc5c5ccccc45)c4ccccc24)ccc1C31C2CC3CC(C2)CC1C3. The van der Waals surface area contributed by atoms with Crippen LogP contribution in [-0.4, -0.2) is 0 Å². The van der Waals surface area contributed by atoms with Gasteiger partial charge in [0.15, 0.2) is 0 Å². The molecule has 0 heteroatoms. The summed E-state index contributed by atoms with van der Waals surface area (Å²) in [7, 11) is 0. The van der Waals surface area contributed by atoms with Gasteiger partial charge in [-0.25, -0.2) is 0 Å². The Morgan fingerprint density at radius 3 is 1.46 bits per heavy atom. The molecular formula is C54H40. The lowest BCUT2D eigenvalue weighted by Gasteiger charge is -2.61. The molecule has 0 heterocycles. The number of fused-ring (bicyclic) bond motifs is 9. The van der Waals surface area contributed by atoms with E-state index in [2.05, 4.69) is 158 Å². The van der Waals surface area contributed by atoms with Gasteiger partial charge in [0, 0.05) is 5.41 Å². The van der Waals surface area contributed by atoms with Crippen LogP contribution in [0.4, 0.5) is 0 Å². The molecule has 0 saturated heterocycles. The van der Waals surface area contributed by atoms with Gasteiger partial charge in [-0.2, -0.15) is 0 Å². The molecule has 14 rings (SSSR count). The molecule has 0 aromatic heterocycles. The monoisotopic (exact) mass is 688 g/mol. The topological polar surface area (TPSA) is 0 Å². The maximum absolute atomic E-state index is 2.63. The van der Waals surface area contributed by atoms with Gasteiger partial charge in [0.2, 0.25) is 0 Å². The molecular weight excluding hydrogens is 649 g/mol. The van der Waals surface area contributed by atoms with Crippen LogP contribution in [0.15, 0.2) is 158 Å². The van der Waals surface area contributed by atoms with Gasteiger partial charge in [0.25, 0.3) is 0 Å². The summed E-state index contributed by atoms with van der Waals surface area (Å²) in [5.41, 5.74) is 11.7. The van der Waals surface area contributed by atoms with E-state index in [1.807, 2.05) is 0 Å². The van der Waals surface area contributed by atoms with Gasteiger partial charge < -0.3 is 0 Å². The van der Waals surface area contributed by atoms with E-state index >= 15 is 0 Å². The minimum atomic E-state index is 0.145. The largest absolute Gasteiger partial charge is 0.0616 e. The predicted octanol–water partition coefficient (Wildman–Crippen LogP) is 14.5. The Morgan fingerprint density at radius 1 is 0.333 bits per heavy atom. The van der Waals surface area contributed by atoms with Crippen LogP contribution in [0.3, 0.4) is 0 Å². The molecule has 0 atom stereocenters. The average Bonchev–Trinajstić information content (AvgIpc) is 3.49. The fraction of sp³-hybridized carbons (Fsp3) is 0.185. The molecule has 256 valence electrons. The van der Waals surface area contributed by atoms with Gasteiger partial charge >= 0.3 is 0 Å². The van der Waals surface area contributed by atoms with Gasteiger partial charge in [0.05, 0.1) is 0 Å². The van der Waals surface area contributed by atoms with Crippen molar-refractivity contribution in [3.63, 3.8) is 0 Å². The minimum Gasteiger partial charge on any atom is -0.0616 e. The summed E-state index contributed by atoms with van der Waals surface area (Å²) in [5.74, 6) is 3.36. The summed E-state index contributed by atoms with van der Waals surface area (Å²) in [6.45, 7) is 0. The second kappa shape index (κ2) is 10.7. The van der Waals surface area contributed by atoms with Crippen LogP contribution in [-0.2, 0) is 5.41 Å². The number of hydrogen-bond acceptors (Lipinski definition) is 0. The van der Waals surface area contributed by atoms with E-state index in [1.165, 1.54) is 119 Å². The number of benzene rings is 9. The van der Waals surface area contributed by atoms with Crippen molar-refractivity contribution in [3.8, 4) is 33.4 Å². The molecule has 0 radical (unpaired) electrons. The van der Waals surface area contributed by atoms with Crippen molar-refractivity contribution in [2.75, 3.05) is 0 Å². The maximum atomic E-state index is 2.63. The first-order chi connectivity index (χ1) is 26.7. The van der Waals surface area contributed by atoms with Crippen molar-refractivity contribution in [2.45, 2.75) is 37.5 Å². The highest BCUT2D eigenvalue weighted by Gasteiger charge is 2.61. The van der Waals surface area contributed by atoms with Crippen molar-refractivity contribution in [1.82, 2.24) is 0 Å². The van der Waals surface area contributed by atoms with Crippen molar-refractivity contribution >= 4 is 53.9 Å². The first-order valence-electron chi connectivity index (χ1n) is 20.3. The van der Waals surface area contributed by atoms with E-state index in [0.29, 0.717) is 0 Å². The van der Waals surface area contributed by atoms with Crippen LogP contribution in [0.25, 0.3) is 87.2 Å². The summed E-state index contributed by atoms with van der Waals surface area (Å²) in [6, 6.07) is 60.7. The van der Waals surface area contributed by atoms with Crippen LogP contribution >= 0.6 is 0 Å². The summed E-state index contributed by atoms with van der Waals surface area (Å²) in [5, 5.41) is 13.2. The smallest absolute Gasteiger partial charge is 0.0272 e. The summed E-state index contributed by atoms with van der Waals surface area (Å²) in [6.07, 6.45) is 7.09. The Kier molecular flexibility index (Phi) is 5.89. The summed E-state index contributed by atoms with van der Waals surface area (Å²) < 4.78 is 0. The van der Waals surface area contributed by atoms with Crippen molar-refractivity contribution < 1.29 is 0 Å². The number of hydrogen-bond donors (Lipinski definition) is 0. The Bertz CT molecular complexity index is 2980. The molecule has 5 aliphatic rings. The highest BCUT2D eigenvalue weighted by atomic mass is 14.6. The maximum Gasteiger partial charge on any atom is 0.0272 e. The average molecular weight is 689 g/mol. The molecule has 4 bridgehead atoms. The van der Waals surface area contributed by atoms with E-state index in [9.17, 15) is 0 Å². The molecule has 0 unspecified atom stereocenters. The lowest BCUT2D eigenvalue weighted by atomic mass is 9.43. The molecule has 9 aromatic rings. The molecule has 0 aliphatic heterocycles. The zero-order valence-electron chi connectivity index (χ0n) is 30.4. The standard InChI is InChI=1S/C54H40/c1-2-12-35-31-51-48(28-34(35)11-1)47-30-37(21-22-50(47)54(51)38-24-32-23-33(26-38)27-39(54)25-32)52-43-17-7-9-19-45(43)53(46-20-10-8-18-44(46)52)49-29-36-13-3-4-14-40(36)41-15-5-6-16-42(41)49/h1-22,28-33,38-39H,23-27H2. The Hall–Kier alpha value is -5.72. The number of rotatable bonds is 2. The minimum absolute atomic E-state index is 0.145. The third-order valence-corrected chi connectivity index (χ3v) is 14.8. The summed E-state index contributed by atoms with van der Waals surface area (Å²) >= 11 is 0. The lowest BCUT2D eigenvalue weighted by Crippen LogP contribution is -2.55. The summed E-state index contributed by atoms with van der Waals surface area (Å²) in [4.78, 5) is 0. The fourth-order valence-corrected chi connectivity index (χ4v) is 13.0. The van der Waals surface area contributed by atoms with Gasteiger partial charge in [-0.3, -0.25) is 0 Å². The van der Waals surface area contributed by atoms with Crippen LogP contribution in [0.1, 0.15) is 43.2 Å². The Morgan fingerprint density at radius 2 is 0.815 bits per heavy atom. The normalized spacial score (nSPS) is 23.6. The lowest BCUT2D eigenvalue weighted by molar-refractivity contribution is -0.0398. The van der Waals surface area contributed by atoms with Crippen LogP contribution in [0, 0.1) is 23.7 Å². The van der Waals surface area contributed by atoms with Gasteiger partial charge in [0.1, 0.15) is 0 Å². The van der Waals surface area contributed by atoms with Gasteiger partial charge in [-0.1, -0.05) is 133 Å². The molecule has 0 nitrogen and oxygen atoms in total. The van der Waals surface area contributed by atoms with E-state index in [1.54, 1.807) is 11.1 Å². The first kappa shape index (κ1) is 29.7. The predicted molar refractivity (Wildman–Crippen MR) is 228 cm³/mol. The van der Waals surface area contributed by atoms with E-state index < -0.39 is 0 Å². The second-order valence-corrected chi connectivity index (χ2v) is 17.2. The third-order valence-electron chi connectivity index (χ3n) is 14.8. The molecule has 0 N–H and O–H groups in total. The van der Waals surface area contributed by atoms with Crippen molar-refractivity contribution in [1.29, 1.82) is 0 Å². The van der Waals surface area contributed by atoms with Gasteiger partial charge in [-0.15, -0.1) is 0 Å². The molecule has 4 saturated carbocycles. The fourth-order valence-electron chi connectivity index (χ4n) is 13.0. The third kappa shape index (κ3) is 3.79. The molecule has 54 heavy (non-hydrogen) atoms. The van der Waals surface area contributed by atoms with E-state index in [0.717, 1.165) is 23.7 Å². The Balaban J connectivity index is 1.10.